The monoisotopic (exact) mass is 359 g/mol. The van der Waals surface area contributed by atoms with Crippen molar-refractivity contribution in [1.82, 2.24) is 4.98 Å². The Labute approximate surface area is 153 Å². The van der Waals surface area contributed by atoms with Gasteiger partial charge < -0.3 is 9.47 Å². The minimum Gasteiger partial charge on any atom is -0.497 e. The molecule has 0 bridgehead atoms. The lowest BCUT2D eigenvalue weighted by Gasteiger charge is -2.20. The second-order valence-corrected chi connectivity index (χ2v) is 7.16. The first kappa shape index (κ1) is 17.7. The number of hydrazone groups is 1. The zero-order valence-corrected chi connectivity index (χ0v) is 15.9. The number of hydrogen-bond acceptors (Lipinski definition) is 6. The third-order valence-corrected chi connectivity index (χ3v) is 5.46. The molecule has 0 radical (unpaired) electrons. The summed E-state index contributed by atoms with van der Waals surface area (Å²) in [6.07, 6.45) is 6.50. The third-order valence-electron chi connectivity index (χ3n) is 4.71. The van der Waals surface area contributed by atoms with Crippen LogP contribution in [0.4, 0.5) is 5.13 Å². The van der Waals surface area contributed by atoms with Crippen molar-refractivity contribution in [2.24, 2.45) is 11.0 Å². The van der Waals surface area contributed by atoms with Gasteiger partial charge in [-0.2, -0.15) is 5.10 Å². The summed E-state index contributed by atoms with van der Waals surface area (Å²) in [5, 5.41) is 7.36. The van der Waals surface area contributed by atoms with E-state index < -0.39 is 0 Å². The van der Waals surface area contributed by atoms with Crippen molar-refractivity contribution in [1.29, 1.82) is 0 Å². The van der Waals surface area contributed by atoms with E-state index in [0.717, 1.165) is 27.9 Å². The summed E-state index contributed by atoms with van der Waals surface area (Å²) in [5.41, 5.74) is 6.12. The second kappa shape index (κ2) is 8.34. The van der Waals surface area contributed by atoms with Gasteiger partial charge in [0.05, 0.1) is 19.9 Å². The quantitative estimate of drug-likeness (QED) is 0.569. The minimum absolute atomic E-state index is 0.613. The van der Waals surface area contributed by atoms with E-state index in [2.05, 4.69) is 22.4 Å². The summed E-state index contributed by atoms with van der Waals surface area (Å²) in [5.74, 6) is 2.13. The average molecular weight is 359 g/mol. The van der Waals surface area contributed by atoms with Crippen molar-refractivity contribution in [2.45, 2.75) is 39.0 Å². The van der Waals surface area contributed by atoms with Gasteiger partial charge in [0.1, 0.15) is 11.5 Å². The number of thiazole rings is 1. The lowest BCUT2D eigenvalue weighted by atomic mass is 9.86. The lowest BCUT2D eigenvalue weighted by Crippen LogP contribution is -2.16. The van der Waals surface area contributed by atoms with Gasteiger partial charge in [-0.15, -0.1) is 11.3 Å². The molecule has 2 aromatic rings. The van der Waals surface area contributed by atoms with Gasteiger partial charge in [-0.25, -0.2) is 4.98 Å². The van der Waals surface area contributed by atoms with Crippen LogP contribution < -0.4 is 14.9 Å². The van der Waals surface area contributed by atoms with E-state index in [1.165, 1.54) is 37.8 Å². The predicted octanol–water partition coefficient (Wildman–Crippen LogP) is 5.20. The molecule has 1 N–H and O–H groups in total. The summed E-state index contributed by atoms with van der Waals surface area (Å²) in [4.78, 5) is 4.64. The van der Waals surface area contributed by atoms with Crippen LogP contribution in [0.5, 0.6) is 11.5 Å². The average Bonchev–Trinajstić information content (AvgIpc) is 3.15. The van der Waals surface area contributed by atoms with Crippen molar-refractivity contribution in [2.75, 3.05) is 19.6 Å². The topological polar surface area (TPSA) is 55.7 Å². The van der Waals surface area contributed by atoms with Gasteiger partial charge in [-0.05, 0) is 37.8 Å². The van der Waals surface area contributed by atoms with Gasteiger partial charge in [-0.1, -0.05) is 19.3 Å². The van der Waals surface area contributed by atoms with Gasteiger partial charge in [0.2, 0.25) is 5.13 Å². The molecule has 0 aliphatic heterocycles. The number of rotatable bonds is 6. The van der Waals surface area contributed by atoms with Crippen molar-refractivity contribution >= 4 is 22.2 Å². The molecule has 134 valence electrons. The Morgan fingerprint density at radius 3 is 2.72 bits per heavy atom. The highest BCUT2D eigenvalue weighted by molar-refractivity contribution is 7.14. The second-order valence-electron chi connectivity index (χ2n) is 6.30. The number of nitrogens with one attached hydrogen (secondary N) is 1. The molecule has 0 saturated heterocycles. The van der Waals surface area contributed by atoms with Gasteiger partial charge in [0.25, 0.3) is 0 Å². The Morgan fingerprint density at radius 1 is 1.20 bits per heavy atom. The number of anilines is 1. The standard InChI is InChI=1S/C19H25N3O2S/c1-13(14-7-5-4-6-8-14)21-22-19-20-17(12-25-19)16-10-9-15(23-2)11-18(16)24-3/h9-12,14H,4-8H2,1-3H3,(H,20,22)/b21-13+. The number of methoxy groups -OCH3 is 2. The first-order chi connectivity index (χ1) is 12.2. The molecule has 1 aromatic carbocycles. The maximum absolute atomic E-state index is 5.47. The van der Waals surface area contributed by atoms with Crippen LogP contribution in [-0.2, 0) is 0 Å². The molecular formula is C19H25N3O2S. The maximum Gasteiger partial charge on any atom is 0.203 e. The molecule has 1 fully saturated rings. The molecule has 0 spiro atoms. The molecule has 0 unspecified atom stereocenters. The van der Waals surface area contributed by atoms with Gasteiger partial charge in [0, 0.05) is 22.7 Å². The Hall–Kier alpha value is -2.08. The molecule has 0 atom stereocenters. The van der Waals surface area contributed by atoms with E-state index in [0.29, 0.717) is 5.92 Å². The van der Waals surface area contributed by atoms with Gasteiger partial charge in [0.15, 0.2) is 0 Å². The van der Waals surface area contributed by atoms with Crippen LogP contribution in [0.2, 0.25) is 0 Å². The third kappa shape index (κ3) is 4.31. The summed E-state index contributed by atoms with van der Waals surface area (Å²) in [6, 6.07) is 5.75. The molecular weight excluding hydrogens is 334 g/mol. The molecule has 1 aromatic heterocycles. The molecule has 0 amide bonds. The molecule has 1 saturated carbocycles. The first-order valence-electron chi connectivity index (χ1n) is 8.69. The SMILES string of the molecule is COc1ccc(-c2csc(N/N=C(\C)C3CCCCC3)n2)c(OC)c1. The fourth-order valence-corrected chi connectivity index (χ4v) is 3.86. The summed E-state index contributed by atoms with van der Waals surface area (Å²) in [6.45, 7) is 2.12. The normalized spacial score (nSPS) is 15.9. The molecule has 5 nitrogen and oxygen atoms in total. The van der Waals surface area contributed by atoms with E-state index >= 15 is 0 Å². The summed E-state index contributed by atoms with van der Waals surface area (Å²) < 4.78 is 10.7. The van der Waals surface area contributed by atoms with Crippen LogP contribution in [-0.4, -0.2) is 24.9 Å². The van der Waals surface area contributed by atoms with Crippen LogP contribution in [0.1, 0.15) is 39.0 Å². The van der Waals surface area contributed by atoms with Gasteiger partial charge >= 0.3 is 0 Å². The molecule has 1 aliphatic rings. The number of aromatic nitrogens is 1. The Kier molecular flexibility index (Phi) is 5.91. The van der Waals surface area contributed by atoms with Crippen LogP contribution >= 0.6 is 11.3 Å². The van der Waals surface area contributed by atoms with Crippen LogP contribution in [0.25, 0.3) is 11.3 Å². The van der Waals surface area contributed by atoms with Crippen molar-refractivity contribution in [3.63, 3.8) is 0 Å². The molecule has 1 aliphatic carbocycles. The van der Waals surface area contributed by atoms with Crippen LogP contribution in [0.3, 0.4) is 0 Å². The number of ether oxygens (including phenoxy) is 2. The predicted molar refractivity (Wildman–Crippen MR) is 104 cm³/mol. The highest BCUT2D eigenvalue weighted by Gasteiger charge is 2.16. The van der Waals surface area contributed by atoms with E-state index in [9.17, 15) is 0 Å². The van der Waals surface area contributed by atoms with Crippen LogP contribution in [0, 0.1) is 5.92 Å². The Balaban J connectivity index is 1.72. The minimum atomic E-state index is 0.613. The molecule has 6 heteroatoms. The van der Waals surface area contributed by atoms with Crippen molar-refractivity contribution < 1.29 is 9.47 Å². The fraction of sp³-hybridized carbons (Fsp3) is 0.474. The Bertz CT molecular complexity index is 736. The molecule has 3 rings (SSSR count). The summed E-state index contributed by atoms with van der Waals surface area (Å²) >= 11 is 1.55. The number of benzene rings is 1. The van der Waals surface area contributed by atoms with E-state index in [-0.39, 0.29) is 0 Å². The first-order valence-corrected chi connectivity index (χ1v) is 9.57. The van der Waals surface area contributed by atoms with E-state index in [1.807, 2.05) is 23.6 Å². The van der Waals surface area contributed by atoms with Crippen LogP contribution in [0.15, 0.2) is 28.7 Å². The maximum atomic E-state index is 5.47. The van der Waals surface area contributed by atoms with E-state index in [4.69, 9.17) is 9.47 Å². The largest absolute Gasteiger partial charge is 0.497 e. The molecule has 25 heavy (non-hydrogen) atoms. The Morgan fingerprint density at radius 2 is 2.00 bits per heavy atom. The highest BCUT2D eigenvalue weighted by Crippen LogP contribution is 2.35. The number of hydrogen-bond donors (Lipinski definition) is 1. The van der Waals surface area contributed by atoms with Crippen molar-refractivity contribution in [3.05, 3.63) is 23.6 Å². The summed E-state index contributed by atoms with van der Waals surface area (Å²) in [7, 11) is 3.30. The smallest absolute Gasteiger partial charge is 0.203 e. The van der Waals surface area contributed by atoms with Crippen molar-refractivity contribution in [3.8, 4) is 22.8 Å². The number of nitrogens with zero attached hydrogens (tertiary/aromatic N) is 2. The lowest BCUT2D eigenvalue weighted by molar-refractivity contribution is 0.395. The highest BCUT2D eigenvalue weighted by atomic mass is 32.1. The van der Waals surface area contributed by atoms with Gasteiger partial charge in [-0.3, -0.25) is 5.43 Å². The zero-order chi connectivity index (χ0) is 17.6. The molecule has 1 heterocycles. The van der Waals surface area contributed by atoms with E-state index in [1.54, 1.807) is 25.6 Å². The fourth-order valence-electron chi connectivity index (χ4n) is 3.21. The zero-order valence-electron chi connectivity index (χ0n) is 15.0.